The minimum absolute atomic E-state index is 0.190. The van der Waals surface area contributed by atoms with Crippen molar-refractivity contribution in [3.63, 3.8) is 0 Å². The molecule has 5 nitrogen and oxygen atoms in total. The van der Waals surface area contributed by atoms with Crippen LogP contribution in [0.1, 0.15) is 5.56 Å². The lowest BCUT2D eigenvalue weighted by Gasteiger charge is -2.06. The van der Waals surface area contributed by atoms with Crippen molar-refractivity contribution in [2.45, 2.75) is 0 Å². The number of rotatable bonds is 4. The molecule has 22 heavy (non-hydrogen) atoms. The first kappa shape index (κ1) is 14.0. The molecule has 0 atom stereocenters. The molecule has 1 heterocycles. The fourth-order valence-corrected chi connectivity index (χ4v) is 2.21. The Balaban J connectivity index is 2.09. The number of para-hydroxylation sites is 1. The first-order chi connectivity index (χ1) is 10.7. The topological polar surface area (TPSA) is 64.2 Å². The second kappa shape index (κ2) is 5.81. The fraction of sp³-hybridized carbons (Fsp3) is 0.118. The van der Waals surface area contributed by atoms with Crippen LogP contribution >= 0.6 is 0 Å². The van der Waals surface area contributed by atoms with Crippen LogP contribution in [0, 0.1) is 0 Å². The average molecular weight is 297 g/mol. The highest BCUT2D eigenvalue weighted by molar-refractivity contribution is 6.02. The number of methoxy groups -OCH3 is 2. The van der Waals surface area contributed by atoms with Crippen molar-refractivity contribution in [3.8, 4) is 17.4 Å². The van der Waals surface area contributed by atoms with Gasteiger partial charge in [0.15, 0.2) is 11.5 Å². The third-order valence-corrected chi connectivity index (χ3v) is 3.31. The Kier molecular flexibility index (Phi) is 3.70. The number of fused-ring (bicyclic) bond motifs is 1. The lowest BCUT2D eigenvalue weighted by Crippen LogP contribution is -1.90. The van der Waals surface area contributed by atoms with Gasteiger partial charge in [-0.15, -0.1) is 0 Å². The van der Waals surface area contributed by atoms with E-state index in [1.165, 1.54) is 0 Å². The first-order valence-electron chi connectivity index (χ1n) is 6.69. The maximum Gasteiger partial charge on any atom is 0.292 e. The van der Waals surface area contributed by atoms with E-state index in [2.05, 4.69) is 4.99 Å². The van der Waals surface area contributed by atoms with Gasteiger partial charge < -0.3 is 19.0 Å². The molecule has 0 radical (unpaired) electrons. The number of ether oxygens (including phenoxy) is 2. The highest BCUT2D eigenvalue weighted by Crippen LogP contribution is 2.38. The molecule has 1 N–H and O–H groups in total. The number of nitrogens with zero attached hydrogens (tertiary/aromatic N) is 1. The quantitative estimate of drug-likeness (QED) is 0.742. The Bertz CT molecular complexity index is 822. The summed E-state index contributed by atoms with van der Waals surface area (Å²) < 4.78 is 15.9. The number of aliphatic imine (C=N–C) groups is 1. The maximum absolute atomic E-state index is 10.0. The molecule has 5 heteroatoms. The molecule has 0 spiro atoms. The van der Waals surface area contributed by atoms with E-state index < -0.39 is 0 Å². The molecule has 1 aromatic heterocycles. The van der Waals surface area contributed by atoms with Crippen molar-refractivity contribution >= 4 is 22.9 Å². The molecule has 0 unspecified atom stereocenters. The third-order valence-electron chi connectivity index (χ3n) is 3.31. The van der Waals surface area contributed by atoms with E-state index in [-0.39, 0.29) is 5.95 Å². The number of furan rings is 1. The summed E-state index contributed by atoms with van der Waals surface area (Å²) in [5.74, 6) is 0.908. The summed E-state index contributed by atoms with van der Waals surface area (Å²) >= 11 is 0. The molecule has 2 aromatic carbocycles. The molecular formula is C17H15NO4. The number of aromatic hydroxyl groups is 1. The monoisotopic (exact) mass is 297 g/mol. The fourth-order valence-electron chi connectivity index (χ4n) is 2.21. The standard InChI is InChI=1S/C17H15NO4/c1-20-15-8-12-13(10-18-11-6-4-3-5-7-11)17(19)22-14(12)9-16(15)21-2/h3-10,19H,1-2H3. The van der Waals surface area contributed by atoms with Crippen molar-refractivity contribution in [1.82, 2.24) is 0 Å². The zero-order valence-electron chi connectivity index (χ0n) is 12.2. The minimum Gasteiger partial charge on any atom is -0.493 e. The molecule has 0 aliphatic rings. The summed E-state index contributed by atoms with van der Waals surface area (Å²) in [6.07, 6.45) is 1.57. The van der Waals surface area contributed by atoms with Gasteiger partial charge >= 0.3 is 0 Å². The van der Waals surface area contributed by atoms with Crippen LogP contribution in [-0.4, -0.2) is 25.5 Å². The average Bonchev–Trinajstić information content (AvgIpc) is 2.86. The number of benzene rings is 2. The van der Waals surface area contributed by atoms with Crippen molar-refractivity contribution in [2.75, 3.05) is 14.2 Å². The van der Waals surface area contributed by atoms with Crippen LogP contribution in [0.2, 0.25) is 0 Å². The number of hydrogen-bond acceptors (Lipinski definition) is 5. The second-order valence-corrected chi connectivity index (χ2v) is 4.62. The van der Waals surface area contributed by atoms with E-state index in [1.54, 1.807) is 32.6 Å². The largest absolute Gasteiger partial charge is 0.493 e. The Morgan fingerprint density at radius 1 is 1.05 bits per heavy atom. The molecule has 0 saturated carbocycles. The lowest BCUT2D eigenvalue weighted by molar-refractivity contribution is 0.342. The molecule has 0 fully saturated rings. The van der Waals surface area contributed by atoms with Crippen LogP contribution < -0.4 is 9.47 Å². The Morgan fingerprint density at radius 3 is 2.41 bits per heavy atom. The van der Waals surface area contributed by atoms with E-state index in [0.29, 0.717) is 28.0 Å². The van der Waals surface area contributed by atoms with Crippen LogP contribution in [-0.2, 0) is 0 Å². The predicted octanol–water partition coefficient (Wildman–Crippen LogP) is 3.91. The molecule has 0 saturated heterocycles. The third kappa shape index (κ3) is 2.48. The molecule has 3 rings (SSSR count). The molecule has 0 amide bonds. The van der Waals surface area contributed by atoms with Crippen LogP contribution in [0.5, 0.6) is 17.4 Å². The Morgan fingerprint density at radius 2 is 1.73 bits per heavy atom. The first-order valence-corrected chi connectivity index (χ1v) is 6.69. The summed E-state index contributed by atoms with van der Waals surface area (Å²) in [4.78, 5) is 4.34. The summed E-state index contributed by atoms with van der Waals surface area (Å²) in [5, 5.41) is 10.7. The second-order valence-electron chi connectivity index (χ2n) is 4.62. The van der Waals surface area contributed by atoms with Crippen molar-refractivity contribution in [3.05, 3.63) is 48.0 Å². The van der Waals surface area contributed by atoms with Crippen LogP contribution in [0.4, 0.5) is 5.69 Å². The van der Waals surface area contributed by atoms with Gasteiger partial charge in [0, 0.05) is 17.7 Å². The van der Waals surface area contributed by atoms with Gasteiger partial charge in [-0.2, -0.15) is 0 Å². The maximum atomic E-state index is 10.0. The van der Waals surface area contributed by atoms with Gasteiger partial charge in [0.1, 0.15) is 5.58 Å². The zero-order valence-corrected chi connectivity index (χ0v) is 12.2. The summed E-state index contributed by atoms with van der Waals surface area (Å²) in [5.41, 5.74) is 1.79. The highest BCUT2D eigenvalue weighted by Gasteiger charge is 2.16. The summed E-state index contributed by atoms with van der Waals surface area (Å²) in [6.45, 7) is 0. The van der Waals surface area contributed by atoms with E-state index >= 15 is 0 Å². The van der Waals surface area contributed by atoms with Crippen molar-refractivity contribution in [1.29, 1.82) is 0 Å². The Labute approximate surface area is 127 Å². The Hall–Kier alpha value is -2.95. The van der Waals surface area contributed by atoms with E-state index in [4.69, 9.17) is 13.9 Å². The van der Waals surface area contributed by atoms with Gasteiger partial charge in [-0.1, -0.05) is 18.2 Å². The van der Waals surface area contributed by atoms with Crippen LogP contribution in [0.25, 0.3) is 11.0 Å². The SMILES string of the molecule is COc1cc2oc(O)c(C=Nc3ccccc3)c2cc1OC. The molecule has 0 aliphatic carbocycles. The van der Waals surface area contributed by atoms with Crippen molar-refractivity contribution in [2.24, 2.45) is 4.99 Å². The van der Waals surface area contributed by atoms with Gasteiger partial charge in [0.25, 0.3) is 5.95 Å². The zero-order chi connectivity index (χ0) is 15.5. The normalized spacial score (nSPS) is 11.2. The summed E-state index contributed by atoms with van der Waals surface area (Å²) in [7, 11) is 3.10. The molecule has 0 bridgehead atoms. The van der Waals surface area contributed by atoms with E-state index in [9.17, 15) is 5.11 Å². The van der Waals surface area contributed by atoms with E-state index in [0.717, 1.165) is 5.69 Å². The lowest BCUT2D eigenvalue weighted by atomic mass is 10.1. The van der Waals surface area contributed by atoms with Gasteiger partial charge in [-0.25, -0.2) is 0 Å². The minimum atomic E-state index is -0.190. The van der Waals surface area contributed by atoms with E-state index in [1.807, 2.05) is 30.3 Å². The molecule has 0 aliphatic heterocycles. The molecule has 112 valence electrons. The van der Waals surface area contributed by atoms with Crippen LogP contribution in [0.15, 0.2) is 51.9 Å². The van der Waals surface area contributed by atoms with Gasteiger partial charge in [-0.3, -0.25) is 4.99 Å². The number of hydrogen-bond donors (Lipinski definition) is 1. The van der Waals surface area contributed by atoms with Gasteiger partial charge in [0.05, 0.1) is 25.5 Å². The summed E-state index contributed by atoms with van der Waals surface area (Å²) in [6, 6.07) is 12.9. The van der Waals surface area contributed by atoms with Gasteiger partial charge in [0.2, 0.25) is 0 Å². The smallest absolute Gasteiger partial charge is 0.292 e. The molecule has 3 aromatic rings. The van der Waals surface area contributed by atoms with Crippen molar-refractivity contribution < 1.29 is 19.0 Å². The van der Waals surface area contributed by atoms with Gasteiger partial charge in [-0.05, 0) is 18.2 Å². The molecular weight excluding hydrogens is 282 g/mol. The predicted molar refractivity (Wildman–Crippen MR) is 84.7 cm³/mol. The van der Waals surface area contributed by atoms with Crippen LogP contribution in [0.3, 0.4) is 0 Å². The highest BCUT2D eigenvalue weighted by atomic mass is 16.5.